The molecule has 1 aliphatic rings. The third kappa shape index (κ3) is 2.91. The van der Waals surface area contributed by atoms with Gasteiger partial charge in [-0.2, -0.15) is 0 Å². The van der Waals surface area contributed by atoms with E-state index in [2.05, 4.69) is 15.3 Å². The number of aryl methyl sites for hydroxylation is 1. The summed E-state index contributed by atoms with van der Waals surface area (Å²) in [5.74, 6) is 1.75. The molecule has 0 bridgehead atoms. The number of ether oxygens (including phenoxy) is 1. The summed E-state index contributed by atoms with van der Waals surface area (Å²) < 4.78 is 5.78. The van der Waals surface area contributed by atoms with Crippen molar-refractivity contribution in [3.05, 3.63) is 66.1 Å². The zero-order valence-electron chi connectivity index (χ0n) is 12.2. The molecule has 1 aromatic carbocycles. The van der Waals surface area contributed by atoms with Crippen LogP contribution in [0, 0.1) is 6.92 Å². The SMILES string of the molecule is Cc1cc(Oc2ccc(C3(N)C=CNC(N)=N3)cc2)ccn1. The number of nitrogens with two attached hydrogens (primary N) is 2. The quantitative estimate of drug-likeness (QED) is 0.801. The standard InChI is InChI=1S/C16H17N5O/c1-11-10-14(6-8-19-11)22-13-4-2-12(3-5-13)16(18)7-9-20-15(17)21-16/h2-10H,18H2,1H3,(H3,17,20,21). The van der Waals surface area contributed by atoms with E-state index in [0.29, 0.717) is 5.75 Å². The fourth-order valence-electron chi connectivity index (χ4n) is 2.19. The highest BCUT2D eigenvalue weighted by molar-refractivity contribution is 5.80. The van der Waals surface area contributed by atoms with E-state index in [0.717, 1.165) is 17.0 Å². The van der Waals surface area contributed by atoms with Crippen LogP contribution in [-0.4, -0.2) is 10.9 Å². The van der Waals surface area contributed by atoms with Crippen molar-refractivity contribution in [3.63, 3.8) is 0 Å². The number of pyridine rings is 1. The molecule has 0 aliphatic carbocycles. The van der Waals surface area contributed by atoms with Crippen LogP contribution in [-0.2, 0) is 5.66 Å². The van der Waals surface area contributed by atoms with Crippen molar-refractivity contribution in [1.29, 1.82) is 0 Å². The Kier molecular flexibility index (Phi) is 3.52. The summed E-state index contributed by atoms with van der Waals surface area (Å²) in [5, 5.41) is 2.79. The minimum atomic E-state index is -0.957. The van der Waals surface area contributed by atoms with Gasteiger partial charge in [0.2, 0.25) is 0 Å². The molecular weight excluding hydrogens is 278 g/mol. The lowest BCUT2D eigenvalue weighted by Crippen LogP contribution is -2.42. The van der Waals surface area contributed by atoms with Gasteiger partial charge in [0.15, 0.2) is 11.6 Å². The largest absolute Gasteiger partial charge is 0.457 e. The zero-order chi connectivity index (χ0) is 15.6. The Morgan fingerprint density at radius 1 is 1.14 bits per heavy atom. The average Bonchev–Trinajstić information content (AvgIpc) is 2.47. The average molecular weight is 295 g/mol. The number of aromatic nitrogens is 1. The van der Waals surface area contributed by atoms with E-state index in [-0.39, 0.29) is 5.96 Å². The first-order chi connectivity index (χ1) is 10.5. The Balaban J connectivity index is 1.81. The van der Waals surface area contributed by atoms with Gasteiger partial charge in [0.05, 0.1) is 0 Å². The molecule has 2 aromatic rings. The smallest absolute Gasteiger partial charge is 0.195 e. The van der Waals surface area contributed by atoms with Gasteiger partial charge >= 0.3 is 0 Å². The highest BCUT2D eigenvalue weighted by Gasteiger charge is 2.25. The molecule has 1 unspecified atom stereocenters. The summed E-state index contributed by atoms with van der Waals surface area (Å²) in [6, 6.07) is 11.1. The number of nitrogens with zero attached hydrogens (tertiary/aromatic N) is 2. The highest BCUT2D eigenvalue weighted by atomic mass is 16.5. The number of nitrogens with one attached hydrogen (secondary N) is 1. The molecule has 3 rings (SSSR count). The third-order valence-corrected chi connectivity index (χ3v) is 3.29. The lowest BCUT2D eigenvalue weighted by Gasteiger charge is -2.25. The molecule has 1 aromatic heterocycles. The maximum absolute atomic E-state index is 6.25. The van der Waals surface area contributed by atoms with Crippen molar-refractivity contribution >= 4 is 5.96 Å². The summed E-state index contributed by atoms with van der Waals surface area (Å²) in [6.45, 7) is 1.92. The molecule has 0 amide bonds. The number of hydrogen-bond donors (Lipinski definition) is 3. The molecule has 1 aliphatic heterocycles. The number of hydrogen-bond acceptors (Lipinski definition) is 6. The van der Waals surface area contributed by atoms with E-state index in [9.17, 15) is 0 Å². The molecule has 6 heteroatoms. The number of aliphatic imine (C=N–C) groups is 1. The molecule has 0 saturated carbocycles. The van der Waals surface area contributed by atoms with Gasteiger partial charge in [0.25, 0.3) is 0 Å². The van der Waals surface area contributed by atoms with Gasteiger partial charge in [0.1, 0.15) is 11.5 Å². The lowest BCUT2D eigenvalue weighted by atomic mass is 10.00. The second kappa shape index (κ2) is 5.50. The second-order valence-corrected chi connectivity index (χ2v) is 5.06. The molecule has 22 heavy (non-hydrogen) atoms. The van der Waals surface area contributed by atoms with Gasteiger partial charge in [-0.3, -0.25) is 10.7 Å². The van der Waals surface area contributed by atoms with Crippen LogP contribution < -0.4 is 21.5 Å². The lowest BCUT2D eigenvalue weighted by molar-refractivity contribution is 0.480. The monoisotopic (exact) mass is 295 g/mol. The number of guanidine groups is 1. The van der Waals surface area contributed by atoms with Gasteiger partial charge in [-0.05, 0) is 36.8 Å². The Bertz CT molecular complexity index is 738. The van der Waals surface area contributed by atoms with E-state index < -0.39 is 5.66 Å². The first-order valence-corrected chi connectivity index (χ1v) is 6.85. The zero-order valence-corrected chi connectivity index (χ0v) is 12.2. The maximum atomic E-state index is 6.25. The van der Waals surface area contributed by atoms with Crippen LogP contribution in [0.3, 0.4) is 0 Å². The Labute approximate surface area is 128 Å². The fourth-order valence-corrected chi connectivity index (χ4v) is 2.19. The van der Waals surface area contributed by atoms with Gasteiger partial charge in [0, 0.05) is 24.2 Å². The van der Waals surface area contributed by atoms with Crippen LogP contribution in [0.4, 0.5) is 0 Å². The van der Waals surface area contributed by atoms with Crippen molar-refractivity contribution in [2.24, 2.45) is 16.5 Å². The van der Waals surface area contributed by atoms with Crippen molar-refractivity contribution in [3.8, 4) is 11.5 Å². The number of rotatable bonds is 3. The summed E-state index contributed by atoms with van der Waals surface area (Å²) in [7, 11) is 0. The van der Waals surface area contributed by atoms with Crippen molar-refractivity contribution in [2.75, 3.05) is 0 Å². The molecule has 0 fully saturated rings. The minimum Gasteiger partial charge on any atom is -0.457 e. The second-order valence-electron chi connectivity index (χ2n) is 5.06. The topological polar surface area (TPSA) is 98.5 Å². The first kappa shape index (κ1) is 14.1. The molecule has 0 saturated heterocycles. The maximum Gasteiger partial charge on any atom is 0.195 e. The number of benzene rings is 1. The fraction of sp³-hybridized carbons (Fsp3) is 0.125. The van der Waals surface area contributed by atoms with Gasteiger partial charge < -0.3 is 15.8 Å². The molecule has 0 spiro atoms. The normalized spacial score (nSPS) is 20.2. The van der Waals surface area contributed by atoms with Gasteiger partial charge in [-0.25, -0.2) is 4.99 Å². The highest BCUT2D eigenvalue weighted by Crippen LogP contribution is 2.27. The van der Waals surface area contributed by atoms with Crippen LogP contribution >= 0.6 is 0 Å². The molecule has 0 radical (unpaired) electrons. The predicted octanol–water partition coefficient (Wildman–Crippen LogP) is 1.73. The van der Waals surface area contributed by atoms with Crippen LogP contribution in [0.1, 0.15) is 11.3 Å². The van der Waals surface area contributed by atoms with E-state index >= 15 is 0 Å². The molecule has 1 atom stereocenters. The van der Waals surface area contributed by atoms with Crippen LogP contribution in [0.2, 0.25) is 0 Å². The minimum absolute atomic E-state index is 0.289. The molecule has 5 N–H and O–H groups in total. The van der Waals surface area contributed by atoms with Gasteiger partial charge in [-0.15, -0.1) is 0 Å². The van der Waals surface area contributed by atoms with Crippen molar-refractivity contribution < 1.29 is 4.74 Å². The third-order valence-electron chi connectivity index (χ3n) is 3.29. The molecular formula is C16H17N5O. The summed E-state index contributed by atoms with van der Waals surface area (Å²) in [5.41, 5.74) is 12.7. The molecule has 6 nitrogen and oxygen atoms in total. The Morgan fingerprint density at radius 3 is 2.59 bits per heavy atom. The summed E-state index contributed by atoms with van der Waals surface area (Å²) in [4.78, 5) is 8.37. The van der Waals surface area contributed by atoms with E-state index in [4.69, 9.17) is 16.2 Å². The first-order valence-electron chi connectivity index (χ1n) is 6.85. The van der Waals surface area contributed by atoms with E-state index in [1.54, 1.807) is 18.5 Å². The van der Waals surface area contributed by atoms with Gasteiger partial charge in [-0.1, -0.05) is 12.1 Å². The predicted molar refractivity (Wildman–Crippen MR) is 85.3 cm³/mol. The Hall–Kier alpha value is -2.86. The Morgan fingerprint density at radius 2 is 1.91 bits per heavy atom. The van der Waals surface area contributed by atoms with E-state index in [1.807, 2.05) is 43.3 Å². The van der Waals surface area contributed by atoms with Crippen LogP contribution in [0.15, 0.2) is 59.9 Å². The molecule has 2 heterocycles. The van der Waals surface area contributed by atoms with Crippen LogP contribution in [0.25, 0.3) is 0 Å². The van der Waals surface area contributed by atoms with Crippen molar-refractivity contribution in [1.82, 2.24) is 10.3 Å². The van der Waals surface area contributed by atoms with E-state index in [1.165, 1.54) is 0 Å². The van der Waals surface area contributed by atoms with Crippen molar-refractivity contribution in [2.45, 2.75) is 12.6 Å². The molecule has 112 valence electrons. The summed E-state index contributed by atoms with van der Waals surface area (Å²) >= 11 is 0. The summed E-state index contributed by atoms with van der Waals surface area (Å²) in [6.07, 6.45) is 5.16. The van der Waals surface area contributed by atoms with Crippen LogP contribution in [0.5, 0.6) is 11.5 Å².